The lowest BCUT2D eigenvalue weighted by molar-refractivity contribution is 0.586. The predicted octanol–water partition coefficient (Wildman–Crippen LogP) is 8.69. The predicted molar refractivity (Wildman–Crippen MR) is 281 cm³/mol. The number of hydrogen-bond donors (Lipinski definition) is 2. The van der Waals surface area contributed by atoms with E-state index in [1.807, 2.05) is 99.1 Å². The number of sulfonamides is 1. The van der Waals surface area contributed by atoms with Gasteiger partial charge in [-0.05, 0) is 71.3 Å². The summed E-state index contributed by atoms with van der Waals surface area (Å²) >= 11 is 0. The topological polar surface area (TPSA) is 198 Å². The number of imidazole rings is 3. The van der Waals surface area contributed by atoms with Crippen molar-refractivity contribution in [1.29, 1.82) is 5.26 Å². The van der Waals surface area contributed by atoms with E-state index >= 15 is 0 Å². The van der Waals surface area contributed by atoms with Gasteiger partial charge in [0, 0.05) is 73.6 Å². The van der Waals surface area contributed by atoms with Gasteiger partial charge in [0.25, 0.3) is 0 Å². The third-order valence-electron chi connectivity index (χ3n) is 12.4. The highest BCUT2D eigenvalue weighted by atomic mass is 32.2. The molecule has 0 unspecified atom stereocenters. The number of anilines is 6. The average Bonchev–Trinajstić information content (AvgIpc) is 4.08. The van der Waals surface area contributed by atoms with Crippen LogP contribution in [0.4, 0.5) is 47.7 Å². The standard InChI is InChI=1S/C18H22FN5O2S.C17H20FN5.C17H16FN5/c1-5-13-6-12(9-22-27(4,25)26)7-14(19)18(13)24(3)17-8-16-15(10-20-17)21-11-23(16)2;2*1-4-12-5-11(8-19)6-13(18)17(12)23(3)16-7-15-14(9-20-16)21-10-22(15)2/h6-8,10-11,22H,5,9H2,1-4H3;5-7,9-10H,4,8,19H2,1-3H3;5-7,9-10H,4H2,1-3H3. The van der Waals surface area contributed by atoms with E-state index < -0.39 is 21.7 Å². The fraction of sp³-hybridized carbons (Fsp3) is 0.288. The van der Waals surface area contributed by atoms with E-state index in [0.29, 0.717) is 65.0 Å². The van der Waals surface area contributed by atoms with Crippen LogP contribution in [0.1, 0.15) is 54.2 Å². The molecule has 3 aromatic carbocycles. The Balaban J connectivity index is 0.000000161. The number of halogens is 3. The normalized spacial score (nSPS) is 11.3. The zero-order chi connectivity index (χ0) is 52.9. The summed E-state index contributed by atoms with van der Waals surface area (Å²) in [6, 6.07) is 17.2. The molecule has 0 aliphatic carbocycles. The second-order valence-electron chi connectivity index (χ2n) is 17.4. The van der Waals surface area contributed by atoms with Gasteiger partial charge < -0.3 is 34.1 Å². The molecule has 17 nitrogen and oxygen atoms in total. The number of rotatable bonds is 13. The third kappa shape index (κ3) is 11.6. The SMILES string of the molecule is CCc1cc(C#N)cc(F)c1N(C)c1cc2c(cn1)ncn2C.CCc1cc(CN)cc(F)c1N(C)c1cc2c(cn1)ncn2C.CCc1cc(CNS(C)(=O)=O)cc(F)c1N(C)c1cc2c(cn1)ncn2C. The first-order chi connectivity index (χ1) is 34.8. The summed E-state index contributed by atoms with van der Waals surface area (Å²) in [5.41, 5.74) is 16.4. The Morgan fingerprint density at radius 1 is 0.575 bits per heavy atom. The first-order valence-electron chi connectivity index (χ1n) is 23.3. The maximum absolute atomic E-state index is 14.9. The maximum atomic E-state index is 14.9. The van der Waals surface area contributed by atoms with E-state index in [9.17, 15) is 21.6 Å². The lowest BCUT2D eigenvalue weighted by Crippen LogP contribution is -2.22. The van der Waals surface area contributed by atoms with Crippen molar-refractivity contribution in [2.24, 2.45) is 26.9 Å². The highest BCUT2D eigenvalue weighted by Gasteiger charge is 2.21. The second-order valence-corrected chi connectivity index (χ2v) is 19.3. The van der Waals surface area contributed by atoms with Gasteiger partial charge in [-0.25, -0.2) is 56.2 Å². The Hall–Kier alpha value is -7.93. The van der Waals surface area contributed by atoms with Gasteiger partial charge in [-0.1, -0.05) is 32.9 Å². The van der Waals surface area contributed by atoms with Crippen LogP contribution in [0.3, 0.4) is 0 Å². The fourth-order valence-electron chi connectivity index (χ4n) is 8.48. The summed E-state index contributed by atoms with van der Waals surface area (Å²) in [6.45, 7) is 6.24. The average molecular weight is 1010 g/mol. The Morgan fingerprint density at radius 3 is 1.29 bits per heavy atom. The van der Waals surface area contributed by atoms with Gasteiger partial charge in [0.05, 0.1) is 89.1 Å². The van der Waals surface area contributed by atoms with Crippen LogP contribution in [0.15, 0.2) is 92.2 Å². The molecule has 0 aliphatic rings. The molecule has 0 saturated heterocycles. The zero-order valence-corrected chi connectivity index (χ0v) is 43.3. The van der Waals surface area contributed by atoms with Crippen LogP contribution in [-0.4, -0.2) is 79.4 Å². The van der Waals surface area contributed by atoms with Crippen LogP contribution < -0.4 is 25.2 Å². The van der Waals surface area contributed by atoms with Crippen LogP contribution in [0.2, 0.25) is 0 Å². The van der Waals surface area contributed by atoms with E-state index in [4.69, 9.17) is 11.0 Å². The van der Waals surface area contributed by atoms with E-state index in [2.05, 4.69) is 34.6 Å². The van der Waals surface area contributed by atoms with Gasteiger partial charge in [-0.3, -0.25) is 0 Å². The lowest BCUT2D eigenvalue weighted by Gasteiger charge is -2.23. The number of pyridine rings is 3. The molecular weight excluding hydrogens is 956 g/mol. The summed E-state index contributed by atoms with van der Waals surface area (Å²) < 4.78 is 74.7. The van der Waals surface area contributed by atoms with Crippen LogP contribution in [-0.2, 0) is 63.5 Å². The van der Waals surface area contributed by atoms with Crippen LogP contribution in [0, 0.1) is 28.8 Å². The quantitative estimate of drug-likeness (QED) is 0.111. The molecular formula is C52H58F3N15O2S. The van der Waals surface area contributed by atoms with Crippen molar-refractivity contribution in [1.82, 2.24) is 48.3 Å². The van der Waals surface area contributed by atoms with Gasteiger partial charge in [0.15, 0.2) is 0 Å². The number of fused-ring (bicyclic) bond motifs is 3. The molecule has 6 aromatic heterocycles. The van der Waals surface area contributed by atoms with Gasteiger partial charge in [0.2, 0.25) is 10.0 Å². The minimum absolute atomic E-state index is 0.0476. The number of nitrogens with zero attached hydrogens (tertiary/aromatic N) is 13. The smallest absolute Gasteiger partial charge is 0.209 e. The van der Waals surface area contributed by atoms with Crippen LogP contribution in [0.5, 0.6) is 0 Å². The van der Waals surface area contributed by atoms with Crippen molar-refractivity contribution in [3.63, 3.8) is 0 Å². The van der Waals surface area contributed by atoms with Gasteiger partial charge >= 0.3 is 0 Å². The third-order valence-corrected chi connectivity index (χ3v) is 13.1. The summed E-state index contributed by atoms with van der Waals surface area (Å²) in [4.78, 5) is 31.1. The molecule has 380 valence electrons. The van der Waals surface area contributed by atoms with Crippen molar-refractivity contribution >= 4 is 77.6 Å². The monoisotopic (exact) mass is 1010 g/mol. The summed E-state index contributed by atoms with van der Waals surface area (Å²) in [6.07, 6.45) is 13.2. The molecule has 0 spiro atoms. The minimum Gasteiger partial charge on any atom is -0.334 e. The molecule has 0 bridgehead atoms. The van der Waals surface area contributed by atoms with Crippen molar-refractivity contribution in [2.45, 2.75) is 53.1 Å². The van der Waals surface area contributed by atoms with Crippen molar-refractivity contribution in [3.8, 4) is 6.07 Å². The molecule has 0 radical (unpaired) electrons. The number of nitriles is 1. The highest BCUT2D eigenvalue weighted by Crippen LogP contribution is 2.35. The Morgan fingerprint density at radius 2 is 0.932 bits per heavy atom. The fourth-order valence-corrected chi connectivity index (χ4v) is 8.91. The summed E-state index contributed by atoms with van der Waals surface area (Å²) in [5, 5.41) is 9.00. The van der Waals surface area contributed by atoms with E-state index in [0.717, 1.165) is 68.0 Å². The molecule has 73 heavy (non-hydrogen) atoms. The first-order valence-corrected chi connectivity index (χ1v) is 25.2. The minimum atomic E-state index is -3.34. The molecule has 0 aliphatic heterocycles. The van der Waals surface area contributed by atoms with E-state index in [-0.39, 0.29) is 12.4 Å². The largest absolute Gasteiger partial charge is 0.334 e. The number of hydrogen-bond acceptors (Lipinski definition) is 13. The lowest BCUT2D eigenvalue weighted by atomic mass is 10.0. The van der Waals surface area contributed by atoms with Crippen molar-refractivity contribution < 1.29 is 21.6 Å². The molecule has 9 aromatic rings. The van der Waals surface area contributed by atoms with Crippen molar-refractivity contribution in [3.05, 3.63) is 143 Å². The molecule has 21 heteroatoms. The van der Waals surface area contributed by atoms with Crippen LogP contribution in [0.25, 0.3) is 33.1 Å². The summed E-state index contributed by atoms with van der Waals surface area (Å²) in [5.74, 6) is 0.778. The second kappa shape index (κ2) is 22.2. The molecule has 0 saturated carbocycles. The number of nitrogens with one attached hydrogen (secondary N) is 1. The molecule has 3 N–H and O–H groups in total. The van der Waals surface area contributed by atoms with Gasteiger partial charge in [-0.2, -0.15) is 5.26 Å². The molecule has 0 fully saturated rings. The number of benzene rings is 3. The Kier molecular flexibility index (Phi) is 16.1. The highest BCUT2D eigenvalue weighted by molar-refractivity contribution is 7.88. The molecule has 0 amide bonds. The summed E-state index contributed by atoms with van der Waals surface area (Å²) in [7, 11) is 7.73. The molecule has 0 atom stereocenters. The number of aryl methyl sites for hydroxylation is 6. The molecule has 9 rings (SSSR count). The van der Waals surface area contributed by atoms with E-state index in [1.165, 1.54) is 18.2 Å². The van der Waals surface area contributed by atoms with Crippen molar-refractivity contribution in [2.75, 3.05) is 42.1 Å². The zero-order valence-electron chi connectivity index (χ0n) is 42.4. The number of nitrogens with two attached hydrogens (primary N) is 1. The number of aromatic nitrogens is 9. The first kappa shape index (κ1) is 52.9. The molecule has 6 heterocycles. The Labute approximate surface area is 422 Å². The van der Waals surface area contributed by atoms with Gasteiger partial charge in [0.1, 0.15) is 51.5 Å². The van der Waals surface area contributed by atoms with Crippen LogP contribution >= 0.6 is 0 Å². The van der Waals surface area contributed by atoms with Gasteiger partial charge in [-0.15, -0.1) is 0 Å². The van der Waals surface area contributed by atoms with E-state index in [1.54, 1.807) is 72.4 Å². The Bertz CT molecular complexity index is 3620. The maximum Gasteiger partial charge on any atom is 0.209 e.